The van der Waals surface area contributed by atoms with Gasteiger partial charge in [-0.1, -0.05) is 5.11 Å². The molecule has 0 radical (unpaired) electrons. The highest BCUT2D eigenvalue weighted by Gasteiger charge is 2.21. The van der Waals surface area contributed by atoms with Crippen molar-refractivity contribution in [3.63, 3.8) is 0 Å². The largest absolute Gasteiger partial charge is 0.390 e. The number of nitrogens with zero attached hydrogens (tertiary/aromatic N) is 3. The van der Waals surface area contributed by atoms with E-state index in [9.17, 15) is 0 Å². The van der Waals surface area contributed by atoms with Crippen molar-refractivity contribution in [3.8, 4) is 0 Å². The Morgan fingerprint density at radius 3 is 3.10 bits per heavy atom. The van der Waals surface area contributed by atoms with Crippen LogP contribution in [-0.2, 0) is 4.74 Å². The molecule has 1 saturated heterocycles. The molecule has 0 aromatic heterocycles. The van der Waals surface area contributed by atoms with E-state index in [1.54, 1.807) is 0 Å². The Hall–Kier alpha value is -0.770. The maximum atomic E-state index is 9.11. The van der Waals surface area contributed by atoms with Crippen LogP contribution in [-0.4, -0.2) is 30.5 Å². The number of aliphatic hydroxyl groups excluding tert-OH is 1. The summed E-state index contributed by atoms with van der Waals surface area (Å²) in [6.45, 7) is 0.852. The summed E-state index contributed by atoms with van der Waals surface area (Å²) in [5.41, 5.74) is 8.04. The number of hydrogen-bond donors (Lipinski definition) is 1. The summed E-state index contributed by atoms with van der Waals surface area (Å²) < 4.78 is 4.92. The van der Waals surface area contributed by atoms with Gasteiger partial charge in [-0.3, -0.25) is 0 Å². The van der Waals surface area contributed by atoms with Gasteiger partial charge >= 0.3 is 0 Å². The molecular weight excluding hydrogens is 134 g/mol. The fraction of sp³-hybridized carbons (Fsp3) is 1.00. The van der Waals surface area contributed by atoms with E-state index in [1.807, 2.05) is 0 Å². The Balaban J connectivity index is 2.47. The van der Waals surface area contributed by atoms with Gasteiger partial charge in [0.15, 0.2) is 0 Å². The second-order valence-electron chi connectivity index (χ2n) is 2.20. The lowest BCUT2D eigenvalue weighted by atomic mass is 10.1. The predicted molar refractivity (Wildman–Crippen MR) is 34.4 cm³/mol. The third-order valence-electron chi connectivity index (χ3n) is 1.49. The number of hydrogen-bond acceptors (Lipinski definition) is 3. The molecule has 0 bridgehead atoms. The Morgan fingerprint density at radius 1 is 1.70 bits per heavy atom. The summed E-state index contributed by atoms with van der Waals surface area (Å²) >= 11 is 0. The Morgan fingerprint density at radius 2 is 2.50 bits per heavy atom. The van der Waals surface area contributed by atoms with E-state index in [1.165, 1.54) is 0 Å². The first-order valence-corrected chi connectivity index (χ1v) is 3.14. The lowest BCUT2D eigenvalue weighted by Gasteiger charge is -2.23. The lowest BCUT2D eigenvalue weighted by molar-refractivity contribution is -0.0181. The molecule has 1 rings (SSSR count). The fourth-order valence-corrected chi connectivity index (χ4v) is 0.913. The van der Waals surface area contributed by atoms with Crippen LogP contribution in [0.3, 0.4) is 0 Å². The highest BCUT2D eigenvalue weighted by atomic mass is 16.5. The summed E-state index contributed by atoms with van der Waals surface area (Å²) in [5, 5.41) is 12.5. The van der Waals surface area contributed by atoms with Gasteiger partial charge in [-0.05, 0) is 12.0 Å². The van der Waals surface area contributed by atoms with Crippen LogP contribution < -0.4 is 0 Å². The molecule has 56 valence electrons. The van der Waals surface area contributed by atoms with Gasteiger partial charge in [0.25, 0.3) is 0 Å². The minimum absolute atomic E-state index is 0.281. The molecule has 1 N–H and O–H groups in total. The summed E-state index contributed by atoms with van der Waals surface area (Å²) in [4.78, 5) is 2.62. The molecule has 0 aromatic rings. The van der Waals surface area contributed by atoms with E-state index in [0.717, 1.165) is 0 Å². The van der Waals surface area contributed by atoms with Crippen LogP contribution in [0.2, 0.25) is 0 Å². The molecule has 5 heteroatoms. The van der Waals surface area contributed by atoms with Crippen molar-refractivity contribution in [1.82, 2.24) is 0 Å². The van der Waals surface area contributed by atoms with Gasteiger partial charge in [0.1, 0.15) is 0 Å². The minimum Gasteiger partial charge on any atom is -0.390 e. The van der Waals surface area contributed by atoms with Crippen LogP contribution in [0, 0.1) is 0 Å². The van der Waals surface area contributed by atoms with Gasteiger partial charge in [0, 0.05) is 11.5 Å². The third-order valence-corrected chi connectivity index (χ3v) is 1.49. The molecule has 1 aliphatic rings. The SMILES string of the molecule is [N-]=[N+]=N[C@@H]1CCOC[C@H]1O. The summed E-state index contributed by atoms with van der Waals surface area (Å²) in [5.74, 6) is 0. The molecule has 0 amide bonds. The van der Waals surface area contributed by atoms with Crippen LogP contribution in [0.4, 0.5) is 0 Å². The van der Waals surface area contributed by atoms with Gasteiger partial charge in [-0.15, -0.1) is 0 Å². The molecule has 0 unspecified atom stereocenters. The molecule has 1 heterocycles. The summed E-state index contributed by atoms with van der Waals surface area (Å²) in [6.07, 6.45) is -0.00440. The molecule has 0 aromatic carbocycles. The van der Waals surface area contributed by atoms with Crippen molar-refractivity contribution in [1.29, 1.82) is 0 Å². The van der Waals surface area contributed by atoms with Crippen LogP contribution in [0.15, 0.2) is 5.11 Å². The van der Waals surface area contributed by atoms with Gasteiger partial charge in [-0.25, -0.2) is 0 Å². The Bertz CT molecular complexity index is 155. The molecule has 0 aliphatic carbocycles. The quantitative estimate of drug-likeness (QED) is 0.328. The van der Waals surface area contributed by atoms with Crippen molar-refractivity contribution in [2.24, 2.45) is 5.11 Å². The van der Waals surface area contributed by atoms with Gasteiger partial charge in [0.05, 0.1) is 18.8 Å². The molecule has 0 saturated carbocycles. The van der Waals surface area contributed by atoms with Crippen LogP contribution in [0.25, 0.3) is 10.4 Å². The summed E-state index contributed by atoms with van der Waals surface area (Å²) in [7, 11) is 0. The first-order chi connectivity index (χ1) is 4.84. The highest BCUT2D eigenvalue weighted by Crippen LogP contribution is 2.10. The van der Waals surface area contributed by atoms with Crippen molar-refractivity contribution in [2.75, 3.05) is 13.2 Å². The lowest BCUT2D eigenvalue weighted by Crippen LogP contribution is -2.34. The Labute approximate surface area is 58.2 Å². The van der Waals surface area contributed by atoms with Crippen LogP contribution in [0.5, 0.6) is 0 Å². The normalized spacial score (nSPS) is 32.9. The number of azide groups is 1. The minimum atomic E-state index is -0.621. The Kier molecular flexibility index (Phi) is 2.50. The van der Waals surface area contributed by atoms with E-state index < -0.39 is 6.10 Å². The third kappa shape index (κ3) is 1.60. The average Bonchev–Trinajstić information content (AvgIpc) is 1.94. The van der Waals surface area contributed by atoms with E-state index in [0.29, 0.717) is 13.0 Å². The van der Waals surface area contributed by atoms with Gasteiger partial charge in [0.2, 0.25) is 0 Å². The zero-order valence-corrected chi connectivity index (χ0v) is 5.47. The molecule has 10 heavy (non-hydrogen) atoms. The van der Waals surface area contributed by atoms with E-state index in [-0.39, 0.29) is 12.6 Å². The smallest absolute Gasteiger partial charge is 0.0859 e. The summed E-state index contributed by atoms with van der Waals surface area (Å²) in [6, 6.07) is -0.293. The van der Waals surface area contributed by atoms with Crippen molar-refractivity contribution in [3.05, 3.63) is 10.4 Å². The zero-order chi connectivity index (χ0) is 7.40. The number of rotatable bonds is 1. The van der Waals surface area contributed by atoms with Gasteiger partial charge in [-0.2, -0.15) is 0 Å². The molecule has 1 fully saturated rings. The van der Waals surface area contributed by atoms with Crippen LogP contribution in [0.1, 0.15) is 6.42 Å². The molecule has 5 nitrogen and oxygen atoms in total. The molecule has 1 aliphatic heterocycles. The number of aliphatic hydroxyl groups is 1. The van der Waals surface area contributed by atoms with E-state index >= 15 is 0 Å². The molecular formula is C5H9N3O2. The molecule has 2 atom stereocenters. The second-order valence-corrected chi connectivity index (χ2v) is 2.20. The maximum Gasteiger partial charge on any atom is 0.0859 e. The van der Waals surface area contributed by atoms with E-state index in [4.69, 9.17) is 15.4 Å². The number of ether oxygens (including phenoxy) is 1. The monoisotopic (exact) mass is 143 g/mol. The topological polar surface area (TPSA) is 78.2 Å². The van der Waals surface area contributed by atoms with Crippen LogP contribution >= 0.6 is 0 Å². The zero-order valence-electron chi connectivity index (χ0n) is 5.47. The highest BCUT2D eigenvalue weighted by molar-refractivity contribution is 4.78. The van der Waals surface area contributed by atoms with Crippen molar-refractivity contribution < 1.29 is 9.84 Å². The van der Waals surface area contributed by atoms with E-state index in [2.05, 4.69) is 10.0 Å². The fourth-order valence-electron chi connectivity index (χ4n) is 0.913. The first-order valence-electron chi connectivity index (χ1n) is 3.14. The van der Waals surface area contributed by atoms with Gasteiger partial charge < -0.3 is 9.84 Å². The van der Waals surface area contributed by atoms with Crippen molar-refractivity contribution >= 4 is 0 Å². The van der Waals surface area contributed by atoms with Crippen molar-refractivity contribution in [2.45, 2.75) is 18.6 Å². The first kappa shape index (κ1) is 7.34. The standard InChI is InChI=1S/C5H9N3O2/c6-8-7-4-1-2-10-3-5(4)9/h4-5,9H,1-3H2/t4-,5-/m1/s1. The molecule has 0 spiro atoms. The maximum absolute atomic E-state index is 9.11. The second kappa shape index (κ2) is 3.41. The predicted octanol–water partition coefficient (Wildman–Crippen LogP) is 0.447. The average molecular weight is 143 g/mol.